The lowest BCUT2D eigenvalue weighted by molar-refractivity contribution is 0.0687. The molecule has 0 aliphatic rings. The number of carboxylic acids is 1. The van der Waals surface area contributed by atoms with Crippen molar-refractivity contribution in [1.29, 1.82) is 0 Å². The quantitative estimate of drug-likeness (QED) is 0.861. The van der Waals surface area contributed by atoms with Gasteiger partial charge in [-0.15, -0.1) is 11.3 Å². The summed E-state index contributed by atoms with van der Waals surface area (Å²) < 4.78 is 25.9. The number of hydrogen-bond acceptors (Lipinski definition) is 5. The summed E-state index contributed by atoms with van der Waals surface area (Å²) in [7, 11) is -3.79. The van der Waals surface area contributed by atoms with Crippen LogP contribution in [0, 0.1) is 0 Å². The van der Waals surface area contributed by atoms with Gasteiger partial charge >= 0.3 is 5.97 Å². The standard InChI is InChI=1S/C10H16N2O4S2/c1-4-5-12(7(2)3)18(15,16)10-8(9(13)14)11-6-17-10/h6-7H,4-5H2,1-3H3,(H,13,14). The Labute approximate surface area is 110 Å². The van der Waals surface area contributed by atoms with Crippen molar-refractivity contribution in [3.05, 3.63) is 11.2 Å². The van der Waals surface area contributed by atoms with E-state index in [0.29, 0.717) is 13.0 Å². The Bertz CT molecular complexity index is 522. The molecule has 6 nitrogen and oxygen atoms in total. The molecule has 1 rings (SSSR count). The number of nitrogens with zero attached hydrogens (tertiary/aromatic N) is 2. The molecule has 0 radical (unpaired) electrons. The van der Waals surface area contributed by atoms with Crippen LogP contribution >= 0.6 is 11.3 Å². The van der Waals surface area contributed by atoms with E-state index in [-0.39, 0.29) is 10.3 Å². The first-order chi connectivity index (χ1) is 8.32. The van der Waals surface area contributed by atoms with Crippen LogP contribution in [0.2, 0.25) is 0 Å². The second-order valence-corrected chi connectivity index (χ2v) is 6.94. The summed E-state index contributed by atoms with van der Waals surface area (Å²) in [4.78, 5) is 14.5. The van der Waals surface area contributed by atoms with Crippen LogP contribution in [0.3, 0.4) is 0 Å². The van der Waals surface area contributed by atoms with E-state index in [4.69, 9.17) is 5.11 Å². The summed E-state index contributed by atoms with van der Waals surface area (Å²) in [5.74, 6) is -1.32. The molecule has 18 heavy (non-hydrogen) atoms. The van der Waals surface area contributed by atoms with Crippen LogP contribution in [-0.4, -0.2) is 41.4 Å². The fraction of sp³-hybridized carbons (Fsp3) is 0.600. The van der Waals surface area contributed by atoms with Crippen molar-refractivity contribution >= 4 is 27.3 Å². The summed E-state index contributed by atoms with van der Waals surface area (Å²) in [6.45, 7) is 5.75. The third-order valence-corrected chi connectivity index (χ3v) is 5.72. The molecule has 0 aliphatic heterocycles. The topological polar surface area (TPSA) is 87.6 Å². The van der Waals surface area contributed by atoms with Crippen molar-refractivity contribution < 1.29 is 18.3 Å². The molecule has 8 heteroatoms. The van der Waals surface area contributed by atoms with Gasteiger partial charge in [-0.25, -0.2) is 18.2 Å². The molecule has 0 spiro atoms. The molecule has 0 atom stereocenters. The van der Waals surface area contributed by atoms with Crippen LogP contribution in [-0.2, 0) is 10.0 Å². The third-order valence-electron chi connectivity index (χ3n) is 2.30. The molecule has 0 aromatic carbocycles. The highest BCUT2D eigenvalue weighted by molar-refractivity contribution is 7.91. The number of carbonyl (C=O) groups is 1. The number of aromatic carboxylic acids is 1. The van der Waals surface area contributed by atoms with Gasteiger partial charge in [-0.05, 0) is 20.3 Å². The number of rotatable bonds is 6. The van der Waals surface area contributed by atoms with E-state index < -0.39 is 21.7 Å². The summed E-state index contributed by atoms with van der Waals surface area (Å²) in [5, 5.41) is 8.93. The Morgan fingerprint density at radius 1 is 1.56 bits per heavy atom. The predicted molar refractivity (Wildman–Crippen MR) is 68.4 cm³/mol. The van der Waals surface area contributed by atoms with Gasteiger partial charge in [0.2, 0.25) is 0 Å². The van der Waals surface area contributed by atoms with Crippen LogP contribution in [0.25, 0.3) is 0 Å². The van der Waals surface area contributed by atoms with Crippen molar-refractivity contribution in [2.45, 2.75) is 37.4 Å². The van der Waals surface area contributed by atoms with E-state index in [1.165, 1.54) is 9.82 Å². The molecular weight excluding hydrogens is 276 g/mol. The molecule has 0 aliphatic carbocycles. The number of aromatic nitrogens is 1. The zero-order valence-corrected chi connectivity index (χ0v) is 12.1. The van der Waals surface area contributed by atoms with E-state index in [9.17, 15) is 13.2 Å². The molecule has 0 saturated heterocycles. The molecule has 1 heterocycles. The molecule has 1 N–H and O–H groups in total. The molecule has 0 amide bonds. The number of hydrogen-bond donors (Lipinski definition) is 1. The third kappa shape index (κ3) is 2.88. The summed E-state index contributed by atoms with van der Waals surface area (Å²) in [6, 6.07) is -0.223. The van der Waals surface area contributed by atoms with Gasteiger partial charge in [-0.2, -0.15) is 4.31 Å². The minimum absolute atomic E-state index is 0.197. The first-order valence-electron chi connectivity index (χ1n) is 5.51. The molecule has 102 valence electrons. The lowest BCUT2D eigenvalue weighted by Gasteiger charge is -2.24. The SMILES string of the molecule is CCCN(C(C)C)S(=O)(=O)c1scnc1C(=O)O. The summed E-state index contributed by atoms with van der Waals surface area (Å²) in [6.07, 6.45) is 0.665. The highest BCUT2D eigenvalue weighted by Gasteiger charge is 2.32. The van der Waals surface area contributed by atoms with Crippen molar-refractivity contribution in [3.8, 4) is 0 Å². The Kier molecular flexibility index (Phi) is 4.83. The molecule has 1 aromatic rings. The normalized spacial score (nSPS) is 12.3. The van der Waals surface area contributed by atoms with Crippen LogP contribution < -0.4 is 0 Å². The number of thiazole rings is 1. The molecule has 0 unspecified atom stereocenters. The van der Waals surface area contributed by atoms with E-state index >= 15 is 0 Å². The van der Waals surface area contributed by atoms with Gasteiger partial charge in [0.15, 0.2) is 9.90 Å². The average Bonchev–Trinajstić information content (AvgIpc) is 2.74. The maximum Gasteiger partial charge on any atom is 0.356 e. The minimum atomic E-state index is -3.79. The van der Waals surface area contributed by atoms with E-state index in [1.54, 1.807) is 13.8 Å². The lowest BCUT2D eigenvalue weighted by atomic mass is 10.4. The van der Waals surface area contributed by atoms with Crippen molar-refractivity contribution in [1.82, 2.24) is 9.29 Å². The summed E-state index contributed by atoms with van der Waals surface area (Å²) >= 11 is 0.835. The maximum absolute atomic E-state index is 12.4. The fourth-order valence-corrected chi connectivity index (χ4v) is 4.53. The van der Waals surface area contributed by atoms with Crippen molar-refractivity contribution in [2.24, 2.45) is 0 Å². The van der Waals surface area contributed by atoms with Gasteiger partial charge in [0.25, 0.3) is 10.0 Å². The highest BCUT2D eigenvalue weighted by atomic mass is 32.2. The second-order valence-electron chi connectivity index (χ2n) is 4.00. The zero-order chi connectivity index (χ0) is 13.9. The van der Waals surface area contributed by atoms with E-state index in [1.807, 2.05) is 6.92 Å². The second kappa shape index (κ2) is 5.77. The number of sulfonamides is 1. The van der Waals surface area contributed by atoms with Crippen LogP contribution in [0.15, 0.2) is 9.72 Å². The average molecular weight is 292 g/mol. The van der Waals surface area contributed by atoms with E-state index in [0.717, 1.165) is 11.3 Å². The molecule has 0 bridgehead atoms. The smallest absolute Gasteiger partial charge is 0.356 e. The van der Waals surface area contributed by atoms with Crippen LogP contribution in [0.1, 0.15) is 37.7 Å². The monoisotopic (exact) mass is 292 g/mol. The van der Waals surface area contributed by atoms with Crippen molar-refractivity contribution in [2.75, 3.05) is 6.54 Å². The molecular formula is C10H16N2O4S2. The predicted octanol–water partition coefficient (Wildman–Crippen LogP) is 1.65. The summed E-state index contributed by atoms with van der Waals surface area (Å²) in [5.41, 5.74) is 0.836. The van der Waals surface area contributed by atoms with E-state index in [2.05, 4.69) is 4.98 Å². The van der Waals surface area contributed by atoms with Gasteiger partial charge in [0.1, 0.15) is 0 Å². The zero-order valence-electron chi connectivity index (χ0n) is 10.5. The van der Waals surface area contributed by atoms with Gasteiger partial charge in [0.05, 0.1) is 5.51 Å². The molecule has 1 aromatic heterocycles. The first kappa shape index (κ1) is 15.1. The minimum Gasteiger partial charge on any atom is -0.476 e. The van der Waals surface area contributed by atoms with Gasteiger partial charge < -0.3 is 5.11 Å². The highest BCUT2D eigenvalue weighted by Crippen LogP contribution is 2.25. The Balaban J connectivity index is 3.27. The lowest BCUT2D eigenvalue weighted by Crippen LogP contribution is -2.37. The maximum atomic E-state index is 12.4. The van der Waals surface area contributed by atoms with Gasteiger partial charge in [0, 0.05) is 12.6 Å². The molecule has 0 saturated carbocycles. The Morgan fingerprint density at radius 2 is 2.17 bits per heavy atom. The Morgan fingerprint density at radius 3 is 2.61 bits per heavy atom. The largest absolute Gasteiger partial charge is 0.476 e. The van der Waals surface area contributed by atoms with Crippen LogP contribution in [0.5, 0.6) is 0 Å². The fourth-order valence-electron chi connectivity index (χ4n) is 1.54. The number of carboxylic acid groups (broad SMARTS) is 1. The van der Waals surface area contributed by atoms with Crippen LogP contribution in [0.4, 0.5) is 0 Å². The first-order valence-corrected chi connectivity index (χ1v) is 7.83. The van der Waals surface area contributed by atoms with Gasteiger partial charge in [-0.1, -0.05) is 6.92 Å². The Hall–Kier alpha value is -0.990. The van der Waals surface area contributed by atoms with Crippen molar-refractivity contribution in [3.63, 3.8) is 0 Å². The molecule has 0 fully saturated rings. The van der Waals surface area contributed by atoms with Gasteiger partial charge in [-0.3, -0.25) is 0 Å².